The van der Waals surface area contributed by atoms with Gasteiger partial charge in [0.2, 0.25) is 5.91 Å². The fourth-order valence-electron chi connectivity index (χ4n) is 2.29. The van der Waals surface area contributed by atoms with Gasteiger partial charge >= 0.3 is 5.97 Å². The molecule has 1 rings (SSSR count). The molecule has 18 heavy (non-hydrogen) atoms. The van der Waals surface area contributed by atoms with Gasteiger partial charge in [0, 0.05) is 19.6 Å². The maximum absolute atomic E-state index is 12.0. The first-order valence-electron chi connectivity index (χ1n) is 6.54. The summed E-state index contributed by atoms with van der Waals surface area (Å²) in [7, 11) is 0. The van der Waals surface area contributed by atoms with E-state index in [1.54, 1.807) is 6.92 Å². The highest BCUT2D eigenvalue weighted by molar-refractivity contribution is 5.82. The molecule has 0 spiro atoms. The number of rotatable bonds is 6. The molecule has 1 fully saturated rings. The van der Waals surface area contributed by atoms with E-state index in [2.05, 4.69) is 5.32 Å². The van der Waals surface area contributed by atoms with Crippen LogP contribution in [0.15, 0.2) is 0 Å². The number of nitrogens with two attached hydrogens (primary N) is 1. The lowest BCUT2D eigenvalue weighted by molar-refractivity contribution is -0.152. The molecule has 2 unspecified atom stereocenters. The molecule has 1 heterocycles. The highest BCUT2D eigenvalue weighted by Crippen LogP contribution is 2.15. The number of primary amides is 1. The number of carbonyl (C=O) groups is 2. The summed E-state index contributed by atoms with van der Waals surface area (Å²) < 4.78 is 5.08. The Morgan fingerprint density at radius 2 is 2.22 bits per heavy atom. The monoisotopic (exact) mass is 257 g/mol. The van der Waals surface area contributed by atoms with Gasteiger partial charge in [-0.2, -0.15) is 0 Å². The zero-order valence-electron chi connectivity index (χ0n) is 11.1. The molecule has 1 amide bonds. The fraction of sp³-hybridized carbons (Fsp3) is 0.833. The third kappa shape index (κ3) is 3.68. The zero-order valence-corrected chi connectivity index (χ0v) is 11.1. The first-order chi connectivity index (χ1) is 8.61. The average molecular weight is 257 g/mol. The zero-order chi connectivity index (χ0) is 13.5. The Hall–Kier alpha value is -1.14. The van der Waals surface area contributed by atoms with E-state index < -0.39 is 11.9 Å². The number of hydrogen-bond donors (Lipinski definition) is 2. The molecule has 0 aromatic rings. The predicted octanol–water partition coefficient (Wildman–Crippen LogP) is -0.523. The lowest BCUT2D eigenvalue weighted by Gasteiger charge is -2.38. The van der Waals surface area contributed by atoms with E-state index in [4.69, 9.17) is 10.5 Å². The molecule has 3 N–H and O–H groups in total. The van der Waals surface area contributed by atoms with Crippen molar-refractivity contribution in [3.05, 3.63) is 0 Å². The quantitative estimate of drug-likeness (QED) is 0.625. The molecule has 1 aliphatic rings. The molecule has 6 nitrogen and oxygen atoms in total. The van der Waals surface area contributed by atoms with Crippen molar-refractivity contribution in [1.29, 1.82) is 0 Å². The molecular formula is C12H23N3O3. The van der Waals surface area contributed by atoms with Crippen LogP contribution in [0.2, 0.25) is 0 Å². The minimum absolute atomic E-state index is 0.257. The van der Waals surface area contributed by atoms with Crippen LogP contribution in [0.3, 0.4) is 0 Å². The number of nitrogens with zero attached hydrogens (tertiary/aromatic N) is 1. The first kappa shape index (κ1) is 14.9. The van der Waals surface area contributed by atoms with Gasteiger partial charge in [0.25, 0.3) is 0 Å². The van der Waals surface area contributed by atoms with Gasteiger partial charge < -0.3 is 15.8 Å². The summed E-state index contributed by atoms with van der Waals surface area (Å²) in [6.07, 6.45) is 1.54. The molecule has 0 aromatic heterocycles. The summed E-state index contributed by atoms with van der Waals surface area (Å²) in [5.74, 6) is -0.653. The Bertz CT molecular complexity index is 296. The highest BCUT2D eigenvalue weighted by atomic mass is 16.5. The van der Waals surface area contributed by atoms with E-state index in [1.165, 1.54) is 0 Å². The fourth-order valence-corrected chi connectivity index (χ4v) is 2.29. The maximum atomic E-state index is 12.0. The van der Waals surface area contributed by atoms with Gasteiger partial charge in [0.05, 0.1) is 6.61 Å². The topological polar surface area (TPSA) is 84.7 Å². The molecule has 1 saturated heterocycles. The summed E-state index contributed by atoms with van der Waals surface area (Å²) in [4.78, 5) is 25.3. The van der Waals surface area contributed by atoms with Crippen LogP contribution >= 0.6 is 0 Å². The van der Waals surface area contributed by atoms with Crippen molar-refractivity contribution in [1.82, 2.24) is 10.2 Å². The van der Waals surface area contributed by atoms with Crippen LogP contribution < -0.4 is 11.1 Å². The lowest BCUT2D eigenvalue weighted by atomic mass is 10.0. The predicted molar refractivity (Wildman–Crippen MR) is 67.9 cm³/mol. The van der Waals surface area contributed by atoms with Crippen LogP contribution in [0.4, 0.5) is 0 Å². The Morgan fingerprint density at radius 3 is 2.78 bits per heavy atom. The summed E-state index contributed by atoms with van der Waals surface area (Å²) in [5, 5.41) is 3.12. The summed E-state index contributed by atoms with van der Waals surface area (Å²) in [5.41, 5.74) is 5.39. The Labute approximate surface area is 108 Å². The third-order valence-electron chi connectivity index (χ3n) is 3.13. The van der Waals surface area contributed by atoms with Crippen molar-refractivity contribution in [2.75, 3.05) is 26.2 Å². The molecule has 0 aromatic carbocycles. The number of carbonyl (C=O) groups excluding carboxylic acids is 2. The van der Waals surface area contributed by atoms with E-state index in [0.29, 0.717) is 26.1 Å². The number of amides is 1. The van der Waals surface area contributed by atoms with Gasteiger partial charge in [-0.3, -0.25) is 14.5 Å². The lowest BCUT2D eigenvalue weighted by Crippen LogP contribution is -2.61. The van der Waals surface area contributed by atoms with Gasteiger partial charge in [-0.1, -0.05) is 13.3 Å². The number of esters is 1. The number of hydrogen-bond acceptors (Lipinski definition) is 5. The molecule has 0 bridgehead atoms. The molecule has 0 aliphatic carbocycles. The molecule has 0 radical (unpaired) electrons. The van der Waals surface area contributed by atoms with Crippen LogP contribution in [-0.2, 0) is 14.3 Å². The minimum Gasteiger partial charge on any atom is -0.465 e. The van der Waals surface area contributed by atoms with Gasteiger partial charge in [-0.15, -0.1) is 0 Å². The van der Waals surface area contributed by atoms with Crippen molar-refractivity contribution in [3.63, 3.8) is 0 Å². The summed E-state index contributed by atoms with van der Waals surface area (Å²) in [6.45, 7) is 6.03. The second-order valence-electron chi connectivity index (χ2n) is 4.42. The molecule has 2 atom stereocenters. The van der Waals surface area contributed by atoms with Gasteiger partial charge in [0.1, 0.15) is 12.1 Å². The maximum Gasteiger partial charge on any atom is 0.323 e. The van der Waals surface area contributed by atoms with Crippen LogP contribution in [0.5, 0.6) is 0 Å². The normalized spacial score (nSPS) is 22.4. The minimum atomic E-state index is -0.431. The highest BCUT2D eigenvalue weighted by Gasteiger charge is 2.36. The van der Waals surface area contributed by atoms with Crippen molar-refractivity contribution in [2.24, 2.45) is 5.73 Å². The number of piperazine rings is 1. The second-order valence-corrected chi connectivity index (χ2v) is 4.42. The van der Waals surface area contributed by atoms with Gasteiger partial charge in [-0.05, 0) is 13.3 Å². The molecule has 1 aliphatic heterocycles. The standard InChI is InChI=1S/C12H23N3O3/c1-3-5-9(12(17)18-4-2)15-7-6-14-8-10(15)11(13)16/h9-10,14H,3-8H2,1-2H3,(H2,13,16). The third-order valence-corrected chi connectivity index (χ3v) is 3.13. The van der Waals surface area contributed by atoms with Crippen LogP contribution in [0.25, 0.3) is 0 Å². The van der Waals surface area contributed by atoms with Crippen LogP contribution in [-0.4, -0.2) is 55.1 Å². The van der Waals surface area contributed by atoms with Crippen LogP contribution in [0, 0.1) is 0 Å². The van der Waals surface area contributed by atoms with Crippen LogP contribution in [0.1, 0.15) is 26.7 Å². The summed E-state index contributed by atoms with van der Waals surface area (Å²) >= 11 is 0. The van der Waals surface area contributed by atoms with Gasteiger partial charge in [-0.25, -0.2) is 0 Å². The van der Waals surface area contributed by atoms with Gasteiger partial charge in [0.15, 0.2) is 0 Å². The molecular weight excluding hydrogens is 234 g/mol. The largest absolute Gasteiger partial charge is 0.465 e. The first-order valence-corrected chi connectivity index (χ1v) is 6.54. The van der Waals surface area contributed by atoms with E-state index in [9.17, 15) is 9.59 Å². The number of ether oxygens (including phenoxy) is 1. The summed E-state index contributed by atoms with van der Waals surface area (Å²) in [6, 6.07) is -0.797. The Balaban J connectivity index is 2.80. The Kier molecular flexibility index (Phi) is 6.07. The SMILES string of the molecule is CCCC(C(=O)OCC)N1CCNCC1C(N)=O. The van der Waals surface area contributed by atoms with E-state index >= 15 is 0 Å². The van der Waals surface area contributed by atoms with Crippen molar-refractivity contribution < 1.29 is 14.3 Å². The second kappa shape index (κ2) is 7.33. The van der Waals surface area contributed by atoms with Crippen molar-refractivity contribution >= 4 is 11.9 Å². The molecule has 6 heteroatoms. The smallest absolute Gasteiger partial charge is 0.323 e. The molecule has 0 saturated carbocycles. The van der Waals surface area contributed by atoms with E-state index in [1.807, 2.05) is 11.8 Å². The van der Waals surface area contributed by atoms with Crippen molar-refractivity contribution in [2.45, 2.75) is 38.8 Å². The Morgan fingerprint density at radius 1 is 1.50 bits per heavy atom. The van der Waals surface area contributed by atoms with E-state index in [-0.39, 0.29) is 12.0 Å². The van der Waals surface area contributed by atoms with Crippen molar-refractivity contribution in [3.8, 4) is 0 Å². The number of nitrogens with one attached hydrogen (secondary N) is 1. The average Bonchev–Trinajstić information content (AvgIpc) is 2.36. The molecule has 104 valence electrons. The van der Waals surface area contributed by atoms with E-state index in [0.717, 1.165) is 13.0 Å².